The fourth-order valence-corrected chi connectivity index (χ4v) is 3.94. The second kappa shape index (κ2) is 5.14. The summed E-state index contributed by atoms with van der Waals surface area (Å²) in [6.07, 6.45) is 2.92. The summed E-state index contributed by atoms with van der Waals surface area (Å²) < 4.78 is 31.7. The van der Waals surface area contributed by atoms with Crippen LogP contribution in [0.4, 0.5) is 0 Å². The molecule has 1 heterocycles. The van der Waals surface area contributed by atoms with Crippen LogP contribution in [0.5, 0.6) is 0 Å². The smallest absolute Gasteiger partial charge is 0.310 e. The van der Waals surface area contributed by atoms with Crippen LogP contribution in [0.3, 0.4) is 0 Å². The number of hydrogen-bond acceptors (Lipinski definition) is 4. The van der Waals surface area contributed by atoms with Crippen molar-refractivity contribution in [2.24, 2.45) is 5.41 Å². The van der Waals surface area contributed by atoms with E-state index in [0.29, 0.717) is 38.9 Å². The maximum atomic E-state index is 12.0. The number of nitrogens with one attached hydrogen (secondary N) is 1. The SMILES string of the molecule is O=C(O)C1(CNS(=O)(=O)C2CCOCC2)CCC1. The average molecular weight is 277 g/mol. The van der Waals surface area contributed by atoms with Gasteiger partial charge in [0.25, 0.3) is 0 Å². The second-order valence-corrected chi connectivity index (χ2v) is 7.16. The quantitative estimate of drug-likeness (QED) is 0.756. The summed E-state index contributed by atoms with van der Waals surface area (Å²) in [4.78, 5) is 11.1. The lowest BCUT2D eigenvalue weighted by atomic mass is 9.69. The van der Waals surface area contributed by atoms with Crippen molar-refractivity contribution in [3.63, 3.8) is 0 Å². The van der Waals surface area contributed by atoms with Crippen LogP contribution in [0.1, 0.15) is 32.1 Å². The molecule has 7 heteroatoms. The Hall–Kier alpha value is -0.660. The Balaban J connectivity index is 1.94. The molecule has 1 aliphatic carbocycles. The third kappa shape index (κ3) is 2.67. The second-order valence-electron chi connectivity index (χ2n) is 5.12. The zero-order chi connectivity index (χ0) is 13.2. The van der Waals surface area contributed by atoms with E-state index in [4.69, 9.17) is 9.84 Å². The summed E-state index contributed by atoms with van der Waals surface area (Å²) in [6, 6.07) is 0. The van der Waals surface area contributed by atoms with Gasteiger partial charge in [-0.1, -0.05) is 6.42 Å². The Kier molecular flexibility index (Phi) is 3.93. The predicted molar refractivity (Wildman–Crippen MR) is 64.7 cm³/mol. The Morgan fingerprint density at radius 3 is 2.39 bits per heavy atom. The van der Waals surface area contributed by atoms with E-state index in [-0.39, 0.29) is 6.54 Å². The molecule has 0 radical (unpaired) electrons. The minimum atomic E-state index is -3.42. The van der Waals surface area contributed by atoms with Crippen molar-refractivity contribution in [3.05, 3.63) is 0 Å². The summed E-state index contributed by atoms with van der Waals surface area (Å²) >= 11 is 0. The Morgan fingerprint density at radius 2 is 1.94 bits per heavy atom. The molecule has 0 aromatic rings. The minimum absolute atomic E-state index is 0.0159. The van der Waals surface area contributed by atoms with Crippen molar-refractivity contribution in [1.29, 1.82) is 0 Å². The Morgan fingerprint density at radius 1 is 1.33 bits per heavy atom. The van der Waals surface area contributed by atoms with E-state index < -0.39 is 26.7 Å². The first kappa shape index (κ1) is 13.8. The highest BCUT2D eigenvalue weighted by Gasteiger charge is 2.45. The van der Waals surface area contributed by atoms with Crippen LogP contribution in [-0.4, -0.2) is 44.5 Å². The molecule has 104 valence electrons. The summed E-state index contributed by atoms with van der Waals surface area (Å²) in [5.41, 5.74) is -0.877. The third-order valence-electron chi connectivity index (χ3n) is 3.98. The highest BCUT2D eigenvalue weighted by molar-refractivity contribution is 7.90. The molecule has 1 saturated heterocycles. The first-order chi connectivity index (χ1) is 8.46. The van der Waals surface area contributed by atoms with Crippen molar-refractivity contribution in [2.45, 2.75) is 37.4 Å². The van der Waals surface area contributed by atoms with Gasteiger partial charge >= 0.3 is 5.97 Å². The molecule has 0 bridgehead atoms. The fourth-order valence-electron chi connectivity index (χ4n) is 2.41. The summed E-state index contributed by atoms with van der Waals surface area (Å²) in [6.45, 7) is 0.924. The first-order valence-electron chi connectivity index (χ1n) is 6.26. The van der Waals surface area contributed by atoms with Crippen LogP contribution >= 0.6 is 0 Å². The molecule has 0 amide bonds. The van der Waals surface area contributed by atoms with E-state index in [9.17, 15) is 13.2 Å². The molecule has 2 fully saturated rings. The molecule has 0 unspecified atom stereocenters. The van der Waals surface area contributed by atoms with Crippen LogP contribution in [0, 0.1) is 5.41 Å². The normalized spacial score (nSPS) is 24.4. The largest absolute Gasteiger partial charge is 0.481 e. The van der Waals surface area contributed by atoms with Crippen LogP contribution < -0.4 is 4.72 Å². The van der Waals surface area contributed by atoms with E-state index in [2.05, 4.69) is 4.72 Å². The Bertz CT molecular complexity index is 409. The number of hydrogen-bond donors (Lipinski definition) is 2. The zero-order valence-electron chi connectivity index (χ0n) is 10.2. The standard InChI is InChI=1S/C11H19NO5S/c13-10(14)11(4-1-5-11)8-12-18(15,16)9-2-6-17-7-3-9/h9,12H,1-8H2,(H,13,14). The molecule has 0 aromatic heterocycles. The van der Waals surface area contributed by atoms with Crippen molar-refractivity contribution in [3.8, 4) is 0 Å². The van der Waals surface area contributed by atoms with Crippen LogP contribution in [0.25, 0.3) is 0 Å². The van der Waals surface area contributed by atoms with E-state index in [1.165, 1.54) is 0 Å². The maximum absolute atomic E-state index is 12.0. The van der Waals surface area contributed by atoms with Gasteiger partial charge in [0.1, 0.15) is 0 Å². The van der Waals surface area contributed by atoms with Crippen LogP contribution in [0.2, 0.25) is 0 Å². The highest BCUT2D eigenvalue weighted by Crippen LogP contribution is 2.40. The molecular weight excluding hydrogens is 258 g/mol. The molecule has 0 spiro atoms. The van der Waals surface area contributed by atoms with E-state index >= 15 is 0 Å². The molecule has 0 atom stereocenters. The molecule has 2 rings (SSSR count). The molecule has 1 aliphatic heterocycles. The van der Waals surface area contributed by atoms with Gasteiger partial charge in [0.15, 0.2) is 0 Å². The number of sulfonamides is 1. The predicted octanol–water partition coefficient (Wildman–Crippen LogP) is 0.340. The number of carbonyl (C=O) groups is 1. The van der Waals surface area contributed by atoms with Gasteiger partial charge in [-0.25, -0.2) is 13.1 Å². The van der Waals surface area contributed by atoms with Crippen molar-refractivity contribution in [1.82, 2.24) is 4.72 Å². The lowest BCUT2D eigenvalue weighted by Gasteiger charge is -2.38. The van der Waals surface area contributed by atoms with E-state index in [0.717, 1.165) is 6.42 Å². The van der Waals surface area contributed by atoms with Crippen LogP contribution in [0.15, 0.2) is 0 Å². The number of carboxylic acid groups (broad SMARTS) is 1. The molecule has 2 N–H and O–H groups in total. The number of carboxylic acids is 1. The summed E-state index contributed by atoms with van der Waals surface area (Å²) in [5.74, 6) is -0.900. The lowest BCUT2D eigenvalue weighted by molar-refractivity contribution is -0.153. The van der Waals surface area contributed by atoms with E-state index in [1.54, 1.807) is 0 Å². The van der Waals surface area contributed by atoms with Gasteiger partial charge in [0.2, 0.25) is 10.0 Å². The molecule has 2 aliphatic rings. The van der Waals surface area contributed by atoms with Gasteiger partial charge in [-0.3, -0.25) is 4.79 Å². The first-order valence-corrected chi connectivity index (χ1v) is 7.81. The van der Waals surface area contributed by atoms with Crippen molar-refractivity contribution in [2.75, 3.05) is 19.8 Å². The number of aliphatic carboxylic acids is 1. The molecular formula is C11H19NO5S. The molecule has 18 heavy (non-hydrogen) atoms. The van der Waals surface area contributed by atoms with E-state index in [1.807, 2.05) is 0 Å². The van der Waals surface area contributed by atoms with Gasteiger partial charge < -0.3 is 9.84 Å². The molecule has 1 saturated carbocycles. The molecule has 0 aromatic carbocycles. The van der Waals surface area contributed by atoms with Gasteiger partial charge in [-0.15, -0.1) is 0 Å². The van der Waals surface area contributed by atoms with Gasteiger partial charge in [0.05, 0.1) is 10.7 Å². The monoisotopic (exact) mass is 277 g/mol. The lowest BCUT2D eigenvalue weighted by Crippen LogP contribution is -2.49. The Labute approximate surface area is 107 Å². The average Bonchev–Trinajstić information content (AvgIpc) is 2.28. The van der Waals surface area contributed by atoms with Crippen molar-refractivity contribution >= 4 is 16.0 Å². The topological polar surface area (TPSA) is 92.7 Å². The fraction of sp³-hybridized carbons (Fsp3) is 0.909. The molecule has 6 nitrogen and oxygen atoms in total. The van der Waals surface area contributed by atoms with Gasteiger partial charge in [-0.05, 0) is 25.7 Å². The number of ether oxygens (including phenoxy) is 1. The van der Waals surface area contributed by atoms with Crippen LogP contribution in [-0.2, 0) is 19.6 Å². The third-order valence-corrected chi connectivity index (χ3v) is 5.88. The maximum Gasteiger partial charge on any atom is 0.310 e. The van der Waals surface area contributed by atoms with Crippen molar-refractivity contribution < 1.29 is 23.1 Å². The highest BCUT2D eigenvalue weighted by atomic mass is 32.2. The summed E-state index contributed by atoms with van der Waals surface area (Å²) in [5, 5.41) is 8.69. The summed E-state index contributed by atoms with van der Waals surface area (Å²) in [7, 11) is -3.42. The number of rotatable bonds is 5. The zero-order valence-corrected chi connectivity index (χ0v) is 11.0. The van der Waals surface area contributed by atoms with Gasteiger partial charge in [0, 0.05) is 19.8 Å². The minimum Gasteiger partial charge on any atom is -0.481 e. The van der Waals surface area contributed by atoms with Gasteiger partial charge in [-0.2, -0.15) is 0 Å².